The van der Waals surface area contributed by atoms with E-state index in [0.29, 0.717) is 16.5 Å². The summed E-state index contributed by atoms with van der Waals surface area (Å²) in [6.45, 7) is 3.02. The first-order chi connectivity index (χ1) is 7.26. The van der Waals surface area contributed by atoms with Crippen LogP contribution in [0.1, 0.15) is 13.3 Å². The van der Waals surface area contributed by atoms with Gasteiger partial charge >= 0.3 is 0 Å². The zero-order valence-corrected chi connectivity index (χ0v) is 9.58. The molecule has 6 heteroatoms. The summed E-state index contributed by atoms with van der Waals surface area (Å²) in [7, 11) is 0. The second-order valence-electron chi connectivity index (χ2n) is 3.21. The molecule has 0 fully saturated rings. The number of hydrogen-bond acceptors (Lipinski definition) is 5. The van der Waals surface area contributed by atoms with Gasteiger partial charge in [-0.25, -0.2) is 15.0 Å². The highest BCUT2D eigenvalue weighted by Gasteiger charge is 2.09. The first-order valence-corrected chi connectivity index (χ1v) is 6.01. The van der Waals surface area contributed by atoms with Crippen LogP contribution in [0.25, 0.3) is 11.2 Å². The molecule has 2 rings (SSSR count). The van der Waals surface area contributed by atoms with Gasteiger partial charge in [0.1, 0.15) is 5.52 Å². The fraction of sp³-hybridized carbons (Fsp3) is 0.444. The van der Waals surface area contributed by atoms with Crippen LogP contribution in [-0.2, 0) is 6.54 Å². The van der Waals surface area contributed by atoms with Gasteiger partial charge in [-0.1, -0.05) is 18.7 Å². The molecule has 2 aromatic heterocycles. The summed E-state index contributed by atoms with van der Waals surface area (Å²) in [5, 5.41) is 0.692. The third kappa shape index (κ3) is 1.77. The summed E-state index contributed by atoms with van der Waals surface area (Å²) in [6, 6.07) is 0. The van der Waals surface area contributed by atoms with Crippen molar-refractivity contribution in [3.05, 3.63) is 6.33 Å². The highest BCUT2D eigenvalue weighted by atomic mass is 32.2. The number of anilines is 1. The van der Waals surface area contributed by atoms with Gasteiger partial charge in [0.25, 0.3) is 0 Å². The van der Waals surface area contributed by atoms with E-state index >= 15 is 0 Å². The van der Waals surface area contributed by atoms with Crippen molar-refractivity contribution >= 4 is 28.7 Å². The minimum atomic E-state index is 0.458. The van der Waals surface area contributed by atoms with E-state index in [-0.39, 0.29) is 0 Å². The number of nitrogens with zero attached hydrogens (tertiary/aromatic N) is 4. The molecule has 15 heavy (non-hydrogen) atoms. The molecule has 0 unspecified atom stereocenters. The van der Waals surface area contributed by atoms with E-state index in [1.807, 2.05) is 10.8 Å². The monoisotopic (exact) mass is 223 g/mol. The molecular weight excluding hydrogens is 210 g/mol. The average Bonchev–Trinajstić information content (AvgIpc) is 2.63. The molecule has 2 N–H and O–H groups in total. The van der Waals surface area contributed by atoms with Gasteiger partial charge in [-0.2, -0.15) is 0 Å². The van der Waals surface area contributed by atoms with Crippen molar-refractivity contribution in [1.29, 1.82) is 0 Å². The summed E-state index contributed by atoms with van der Waals surface area (Å²) >= 11 is 1.48. The summed E-state index contributed by atoms with van der Waals surface area (Å²) in [5.41, 5.74) is 7.32. The van der Waals surface area contributed by atoms with Gasteiger partial charge in [0.2, 0.25) is 0 Å². The predicted octanol–water partition coefficient (Wildman–Crippen LogP) is 1.54. The van der Waals surface area contributed by atoms with Crippen LogP contribution in [-0.4, -0.2) is 25.8 Å². The van der Waals surface area contributed by atoms with Crippen LogP contribution in [0.15, 0.2) is 11.5 Å². The minimum absolute atomic E-state index is 0.458. The van der Waals surface area contributed by atoms with E-state index in [2.05, 4.69) is 21.9 Å². The van der Waals surface area contributed by atoms with Crippen molar-refractivity contribution < 1.29 is 0 Å². The SMILES string of the molecule is CCCn1cnc2c(N)nc(SC)nc21. The molecule has 0 saturated carbocycles. The number of aryl methyl sites for hydroxylation is 1. The number of nitrogens with two attached hydrogens (primary N) is 1. The average molecular weight is 223 g/mol. The zero-order chi connectivity index (χ0) is 10.8. The van der Waals surface area contributed by atoms with Crippen LogP contribution in [0.5, 0.6) is 0 Å². The molecule has 0 aromatic carbocycles. The standard InChI is InChI=1S/C9H13N5S/c1-3-4-14-5-11-6-7(10)12-9(15-2)13-8(6)14/h5H,3-4H2,1-2H3,(H2,10,12,13). The van der Waals surface area contributed by atoms with Crippen molar-refractivity contribution in [2.75, 3.05) is 12.0 Å². The fourth-order valence-electron chi connectivity index (χ4n) is 1.44. The maximum absolute atomic E-state index is 5.80. The van der Waals surface area contributed by atoms with Crippen molar-refractivity contribution in [2.24, 2.45) is 0 Å². The maximum Gasteiger partial charge on any atom is 0.191 e. The molecule has 0 aliphatic rings. The highest BCUT2D eigenvalue weighted by molar-refractivity contribution is 7.98. The second-order valence-corrected chi connectivity index (χ2v) is 3.98. The quantitative estimate of drug-likeness (QED) is 0.631. The number of rotatable bonds is 3. The first kappa shape index (κ1) is 10.2. The van der Waals surface area contributed by atoms with Gasteiger partial charge in [-0.05, 0) is 12.7 Å². The molecule has 0 aliphatic carbocycles. The molecule has 0 radical (unpaired) electrons. The van der Waals surface area contributed by atoms with E-state index in [1.165, 1.54) is 11.8 Å². The van der Waals surface area contributed by atoms with E-state index in [4.69, 9.17) is 5.73 Å². The van der Waals surface area contributed by atoms with Gasteiger partial charge < -0.3 is 10.3 Å². The molecule has 5 nitrogen and oxygen atoms in total. The van der Waals surface area contributed by atoms with Gasteiger partial charge in [-0.3, -0.25) is 0 Å². The van der Waals surface area contributed by atoms with E-state index < -0.39 is 0 Å². The topological polar surface area (TPSA) is 69.6 Å². The van der Waals surface area contributed by atoms with Crippen molar-refractivity contribution in [3.63, 3.8) is 0 Å². The van der Waals surface area contributed by atoms with Crippen LogP contribution in [0.4, 0.5) is 5.82 Å². The Labute approximate surface area is 92.1 Å². The first-order valence-electron chi connectivity index (χ1n) is 4.78. The summed E-state index contributed by atoms with van der Waals surface area (Å²) in [6.07, 6.45) is 4.74. The van der Waals surface area contributed by atoms with Crippen molar-refractivity contribution in [1.82, 2.24) is 19.5 Å². The summed E-state index contributed by atoms with van der Waals surface area (Å²) < 4.78 is 2.01. The fourth-order valence-corrected chi connectivity index (χ4v) is 1.81. The third-order valence-corrected chi connectivity index (χ3v) is 2.67. The lowest BCUT2D eigenvalue weighted by Gasteiger charge is -2.02. The van der Waals surface area contributed by atoms with Gasteiger partial charge in [0.15, 0.2) is 16.6 Å². The Kier molecular flexibility index (Phi) is 2.77. The summed E-state index contributed by atoms with van der Waals surface area (Å²) in [5.74, 6) is 0.458. The van der Waals surface area contributed by atoms with Crippen LogP contribution in [0.3, 0.4) is 0 Å². The number of imidazole rings is 1. The smallest absolute Gasteiger partial charge is 0.191 e. The van der Waals surface area contributed by atoms with E-state index in [0.717, 1.165) is 18.6 Å². The number of thioether (sulfide) groups is 1. The van der Waals surface area contributed by atoms with Crippen molar-refractivity contribution in [2.45, 2.75) is 25.0 Å². The largest absolute Gasteiger partial charge is 0.382 e. The molecule has 0 saturated heterocycles. The summed E-state index contributed by atoms with van der Waals surface area (Å²) in [4.78, 5) is 12.8. The second kappa shape index (κ2) is 4.06. The van der Waals surface area contributed by atoms with E-state index in [9.17, 15) is 0 Å². The lowest BCUT2D eigenvalue weighted by molar-refractivity contribution is 0.688. The molecule has 0 aliphatic heterocycles. The van der Waals surface area contributed by atoms with Crippen LogP contribution in [0, 0.1) is 0 Å². The number of aromatic nitrogens is 4. The van der Waals surface area contributed by atoms with Gasteiger partial charge in [0.05, 0.1) is 6.33 Å². The number of fused-ring (bicyclic) bond motifs is 1. The van der Waals surface area contributed by atoms with Gasteiger partial charge in [-0.15, -0.1) is 0 Å². The Morgan fingerprint density at radius 1 is 1.47 bits per heavy atom. The Balaban J connectivity index is 2.61. The van der Waals surface area contributed by atoms with Crippen LogP contribution in [0.2, 0.25) is 0 Å². The molecule has 80 valence electrons. The molecule has 2 heterocycles. The van der Waals surface area contributed by atoms with E-state index in [1.54, 1.807) is 6.33 Å². The highest BCUT2D eigenvalue weighted by Crippen LogP contribution is 2.19. The molecule has 0 atom stereocenters. The Morgan fingerprint density at radius 2 is 2.27 bits per heavy atom. The molecule has 0 bridgehead atoms. The maximum atomic E-state index is 5.80. The van der Waals surface area contributed by atoms with Crippen LogP contribution >= 0.6 is 11.8 Å². The van der Waals surface area contributed by atoms with Crippen LogP contribution < -0.4 is 5.73 Å². The molecule has 0 amide bonds. The molecule has 2 aromatic rings. The Bertz CT molecular complexity index is 479. The Morgan fingerprint density at radius 3 is 2.93 bits per heavy atom. The molecule has 0 spiro atoms. The third-order valence-electron chi connectivity index (χ3n) is 2.12. The minimum Gasteiger partial charge on any atom is -0.382 e. The Hall–Kier alpha value is -1.30. The lowest BCUT2D eigenvalue weighted by atomic mass is 10.4. The number of hydrogen-bond donors (Lipinski definition) is 1. The lowest BCUT2D eigenvalue weighted by Crippen LogP contribution is -2.00. The zero-order valence-electron chi connectivity index (χ0n) is 8.77. The van der Waals surface area contributed by atoms with Crippen molar-refractivity contribution in [3.8, 4) is 0 Å². The molecular formula is C9H13N5S. The van der Waals surface area contributed by atoms with Gasteiger partial charge in [0, 0.05) is 6.54 Å². The normalized spacial score (nSPS) is 11.1. The number of nitrogen functional groups attached to an aromatic ring is 1. The predicted molar refractivity (Wildman–Crippen MR) is 61.8 cm³/mol.